The van der Waals surface area contributed by atoms with Gasteiger partial charge in [0.25, 0.3) is 10.0 Å². The number of benzene rings is 1. The van der Waals surface area contributed by atoms with Crippen molar-refractivity contribution >= 4 is 26.7 Å². The number of anilines is 1. The van der Waals surface area contributed by atoms with Gasteiger partial charge in [0.15, 0.2) is 0 Å². The normalized spacial score (nSPS) is 23.7. The number of piperidine rings is 1. The molecule has 0 aliphatic carbocycles. The number of likely N-dealkylation sites (tertiary alicyclic amines) is 1. The van der Waals surface area contributed by atoms with Crippen LogP contribution in [0.2, 0.25) is 0 Å². The van der Waals surface area contributed by atoms with Crippen LogP contribution >= 0.6 is 11.5 Å². The van der Waals surface area contributed by atoms with Crippen molar-refractivity contribution in [3.8, 4) is 5.75 Å². The third kappa shape index (κ3) is 4.22. The second kappa shape index (κ2) is 8.65. The Morgan fingerprint density at radius 3 is 2.85 bits per heavy atom. The Hall–Kier alpha value is -2.57. The molecule has 1 fully saturated rings. The number of nitrogens with zero attached hydrogens (tertiary/aromatic N) is 5. The van der Waals surface area contributed by atoms with Crippen LogP contribution in [0.15, 0.2) is 35.6 Å². The molecule has 1 saturated heterocycles. The van der Waals surface area contributed by atoms with Crippen LogP contribution in [0.25, 0.3) is 0 Å². The predicted molar refractivity (Wildman–Crippen MR) is 121 cm³/mol. The zero-order chi connectivity index (χ0) is 23.2. The van der Waals surface area contributed by atoms with Gasteiger partial charge in [-0.05, 0) is 37.4 Å². The van der Waals surface area contributed by atoms with Crippen molar-refractivity contribution in [3.05, 3.63) is 47.8 Å². The maximum atomic E-state index is 15.2. The van der Waals surface area contributed by atoms with Crippen LogP contribution in [0.4, 0.5) is 9.52 Å². The van der Waals surface area contributed by atoms with E-state index in [9.17, 15) is 8.42 Å². The Balaban J connectivity index is 1.50. The van der Waals surface area contributed by atoms with Gasteiger partial charge in [0.05, 0.1) is 18.3 Å². The standard InChI is InChI=1S/C21H25FN6O3S2/c1-13-4-7-28(18(9-13)17-3-6-24-27(17)2)16-5-8-31-19-11-20(15(22)10-14(16)19)33(29,30)26-21-23-12-25-32-21/h3,6,10-13,16,18H,4-5,7-9H2,1-2H3,(H,23,25,26)/t13-,16+,18+/m1/s1. The maximum Gasteiger partial charge on any atom is 0.266 e. The summed E-state index contributed by atoms with van der Waals surface area (Å²) in [6, 6.07) is 4.69. The molecule has 2 aromatic heterocycles. The van der Waals surface area contributed by atoms with E-state index in [1.165, 1.54) is 18.5 Å². The summed E-state index contributed by atoms with van der Waals surface area (Å²) in [5.74, 6) is 0.146. The summed E-state index contributed by atoms with van der Waals surface area (Å²) in [7, 11) is -2.23. The number of halogens is 1. The average Bonchev–Trinajstić information content (AvgIpc) is 3.44. The predicted octanol–water partition coefficient (Wildman–Crippen LogP) is 3.51. The molecule has 12 heteroatoms. The van der Waals surface area contributed by atoms with Gasteiger partial charge < -0.3 is 4.74 Å². The Morgan fingerprint density at radius 1 is 1.27 bits per heavy atom. The van der Waals surface area contributed by atoms with Crippen LogP contribution in [0.1, 0.15) is 49.5 Å². The van der Waals surface area contributed by atoms with Gasteiger partial charge in [0.1, 0.15) is 22.8 Å². The van der Waals surface area contributed by atoms with Gasteiger partial charge in [0, 0.05) is 48.9 Å². The maximum absolute atomic E-state index is 15.2. The minimum absolute atomic E-state index is 0.0763. The zero-order valence-electron chi connectivity index (χ0n) is 18.3. The highest BCUT2D eigenvalue weighted by molar-refractivity contribution is 7.93. The van der Waals surface area contributed by atoms with Crippen LogP contribution in [0, 0.1) is 11.7 Å². The summed E-state index contributed by atoms with van der Waals surface area (Å²) in [4.78, 5) is 5.74. The largest absolute Gasteiger partial charge is 0.493 e. The van der Waals surface area contributed by atoms with E-state index in [0.717, 1.165) is 36.6 Å². The van der Waals surface area contributed by atoms with Crippen molar-refractivity contribution in [1.29, 1.82) is 0 Å². The molecule has 2 aliphatic rings. The Kier molecular flexibility index (Phi) is 5.83. The molecule has 5 rings (SSSR count). The average molecular weight is 493 g/mol. The number of aryl methyl sites for hydroxylation is 1. The van der Waals surface area contributed by atoms with E-state index in [4.69, 9.17) is 4.74 Å². The van der Waals surface area contributed by atoms with E-state index in [-0.39, 0.29) is 17.2 Å². The first-order chi connectivity index (χ1) is 15.8. The summed E-state index contributed by atoms with van der Waals surface area (Å²) in [6.45, 7) is 3.54. The van der Waals surface area contributed by atoms with Crippen molar-refractivity contribution in [2.75, 3.05) is 17.9 Å². The molecule has 3 aromatic rings. The van der Waals surface area contributed by atoms with Gasteiger partial charge in [-0.25, -0.2) is 17.8 Å². The van der Waals surface area contributed by atoms with E-state index in [1.54, 1.807) is 6.20 Å². The fourth-order valence-electron chi connectivity index (χ4n) is 4.84. The summed E-state index contributed by atoms with van der Waals surface area (Å²) in [5, 5.41) is 4.42. The fraction of sp³-hybridized carbons (Fsp3) is 0.476. The fourth-order valence-corrected chi connectivity index (χ4v) is 6.58. The summed E-state index contributed by atoms with van der Waals surface area (Å²) in [6.07, 6.45) is 5.75. The Morgan fingerprint density at radius 2 is 2.12 bits per heavy atom. The number of fused-ring (bicyclic) bond motifs is 1. The molecule has 0 spiro atoms. The molecule has 0 amide bonds. The van der Waals surface area contributed by atoms with Crippen molar-refractivity contribution in [2.24, 2.45) is 13.0 Å². The summed E-state index contributed by atoms with van der Waals surface area (Å²) < 4.78 is 54.5. The first-order valence-electron chi connectivity index (χ1n) is 10.8. The van der Waals surface area contributed by atoms with Crippen LogP contribution < -0.4 is 9.46 Å². The zero-order valence-corrected chi connectivity index (χ0v) is 19.9. The molecule has 0 radical (unpaired) electrons. The minimum atomic E-state index is -4.17. The van der Waals surface area contributed by atoms with E-state index < -0.39 is 20.7 Å². The highest BCUT2D eigenvalue weighted by Gasteiger charge is 2.38. The van der Waals surface area contributed by atoms with Gasteiger partial charge in [-0.3, -0.25) is 14.3 Å². The number of rotatable bonds is 5. The smallest absolute Gasteiger partial charge is 0.266 e. The number of hydrogen-bond donors (Lipinski definition) is 1. The first kappa shape index (κ1) is 22.2. The molecule has 0 saturated carbocycles. The molecule has 0 bridgehead atoms. The summed E-state index contributed by atoms with van der Waals surface area (Å²) >= 11 is 0.880. The van der Waals surface area contributed by atoms with Gasteiger partial charge in [-0.2, -0.15) is 9.47 Å². The molecule has 1 aromatic carbocycles. The second-order valence-corrected chi connectivity index (χ2v) is 11.0. The number of hydrogen-bond acceptors (Lipinski definition) is 8. The van der Waals surface area contributed by atoms with Gasteiger partial charge in [0.2, 0.25) is 5.13 Å². The highest BCUT2D eigenvalue weighted by atomic mass is 32.2. The molecule has 176 valence electrons. The number of aromatic nitrogens is 4. The number of nitrogens with one attached hydrogen (secondary N) is 1. The molecule has 1 N–H and O–H groups in total. The lowest BCUT2D eigenvalue weighted by Crippen LogP contribution is -2.41. The van der Waals surface area contributed by atoms with Crippen LogP contribution in [-0.2, 0) is 17.1 Å². The SMILES string of the molecule is C[C@@H]1CCN([C@H]2CCOc3cc(S(=O)(=O)Nc4ncns4)c(F)cc32)[C@H](c2ccnn2C)C1. The van der Waals surface area contributed by atoms with E-state index in [2.05, 4.69) is 31.0 Å². The molecule has 33 heavy (non-hydrogen) atoms. The quantitative estimate of drug-likeness (QED) is 0.581. The van der Waals surface area contributed by atoms with Crippen molar-refractivity contribution in [2.45, 2.75) is 43.2 Å². The monoisotopic (exact) mass is 492 g/mol. The molecular formula is C21H25FN6O3S2. The van der Waals surface area contributed by atoms with E-state index in [0.29, 0.717) is 30.3 Å². The van der Waals surface area contributed by atoms with Crippen LogP contribution in [-0.4, -0.2) is 45.6 Å². The molecule has 4 heterocycles. The van der Waals surface area contributed by atoms with Crippen LogP contribution in [0.3, 0.4) is 0 Å². The molecule has 3 atom stereocenters. The molecule has 0 unspecified atom stereocenters. The van der Waals surface area contributed by atoms with Crippen LogP contribution in [0.5, 0.6) is 5.75 Å². The third-order valence-corrected chi connectivity index (χ3v) is 8.51. The van der Waals surface area contributed by atoms with Gasteiger partial charge in [-0.1, -0.05) is 6.92 Å². The second-order valence-electron chi connectivity index (χ2n) is 8.59. The van der Waals surface area contributed by atoms with Gasteiger partial charge >= 0.3 is 0 Å². The molecule has 9 nitrogen and oxygen atoms in total. The lowest BCUT2D eigenvalue weighted by molar-refractivity contribution is 0.0448. The van der Waals surface area contributed by atoms with Crippen molar-refractivity contribution < 1.29 is 17.5 Å². The van der Waals surface area contributed by atoms with E-state index in [1.807, 2.05) is 17.8 Å². The van der Waals surface area contributed by atoms with Crippen molar-refractivity contribution in [1.82, 2.24) is 24.0 Å². The number of sulfonamides is 1. The lowest BCUT2D eigenvalue weighted by Gasteiger charge is -2.45. The number of ether oxygens (including phenoxy) is 1. The van der Waals surface area contributed by atoms with Gasteiger partial charge in [-0.15, -0.1) is 0 Å². The molecular weight excluding hydrogens is 467 g/mol. The topological polar surface area (TPSA) is 102 Å². The first-order valence-corrected chi connectivity index (χ1v) is 13.1. The highest BCUT2D eigenvalue weighted by Crippen LogP contribution is 2.45. The Bertz CT molecular complexity index is 1250. The van der Waals surface area contributed by atoms with E-state index >= 15 is 4.39 Å². The third-order valence-electron chi connectivity index (χ3n) is 6.45. The lowest BCUT2D eigenvalue weighted by atomic mass is 9.87. The molecule has 2 aliphatic heterocycles. The summed E-state index contributed by atoms with van der Waals surface area (Å²) in [5.41, 5.74) is 1.80. The van der Waals surface area contributed by atoms with Crippen molar-refractivity contribution in [3.63, 3.8) is 0 Å². The minimum Gasteiger partial charge on any atom is -0.493 e. The Labute approximate surface area is 195 Å².